The van der Waals surface area contributed by atoms with Crippen molar-refractivity contribution in [3.8, 4) is 5.75 Å². The molecule has 0 amide bonds. The standard InChI is InChI=1S/C11H7BrClNO5S2/c12-10-7(13)4-9(20-10)21(18,19)14-5-1-2-6(11(16)17)8(15)3-5/h1-4,14-15H,(H,16,17). The summed E-state index contributed by atoms with van der Waals surface area (Å²) < 4.78 is 26.9. The average molecular weight is 413 g/mol. The number of anilines is 1. The van der Waals surface area contributed by atoms with Crippen LogP contribution in [0.2, 0.25) is 5.02 Å². The second kappa shape index (κ2) is 5.84. The summed E-state index contributed by atoms with van der Waals surface area (Å²) >= 11 is 9.84. The molecule has 2 rings (SSSR count). The molecule has 0 bridgehead atoms. The van der Waals surface area contributed by atoms with Crippen LogP contribution in [0, 0.1) is 0 Å². The Morgan fingerprint density at radius 1 is 1.33 bits per heavy atom. The number of hydrogen-bond acceptors (Lipinski definition) is 5. The van der Waals surface area contributed by atoms with Crippen molar-refractivity contribution in [2.75, 3.05) is 4.72 Å². The molecule has 0 fully saturated rings. The zero-order chi connectivity index (χ0) is 15.8. The third-order valence-corrected chi connectivity index (χ3v) is 6.70. The van der Waals surface area contributed by atoms with E-state index in [1.54, 1.807) is 0 Å². The van der Waals surface area contributed by atoms with Gasteiger partial charge in [0.1, 0.15) is 15.5 Å². The summed E-state index contributed by atoms with van der Waals surface area (Å²) in [5.74, 6) is -1.84. The molecule has 1 aromatic heterocycles. The molecule has 0 saturated carbocycles. The third-order valence-electron chi connectivity index (χ3n) is 2.37. The van der Waals surface area contributed by atoms with E-state index in [-0.39, 0.29) is 20.5 Å². The van der Waals surface area contributed by atoms with Crippen molar-refractivity contribution in [1.29, 1.82) is 0 Å². The first-order valence-corrected chi connectivity index (χ1v) is 8.72. The lowest BCUT2D eigenvalue weighted by Crippen LogP contribution is -2.11. The largest absolute Gasteiger partial charge is 0.507 e. The number of halogens is 2. The molecule has 10 heteroatoms. The van der Waals surface area contributed by atoms with Gasteiger partial charge < -0.3 is 10.2 Å². The molecule has 0 aliphatic carbocycles. The van der Waals surface area contributed by atoms with Gasteiger partial charge in [-0.3, -0.25) is 4.72 Å². The maximum Gasteiger partial charge on any atom is 0.339 e. The van der Waals surface area contributed by atoms with Crippen molar-refractivity contribution >= 4 is 60.5 Å². The number of nitrogens with one attached hydrogen (secondary N) is 1. The zero-order valence-electron chi connectivity index (χ0n) is 10.0. The number of carbonyl (C=O) groups is 1. The molecule has 0 atom stereocenters. The highest BCUT2D eigenvalue weighted by Gasteiger charge is 2.20. The van der Waals surface area contributed by atoms with Crippen molar-refractivity contribution in [3.63, 3.8) is 0 Å². The first kappa shape index (κ1) is 16.1. The molecule has 2 aromatic rings. The summed E-state index contributed by atoms with van der Waals surface area (Å²) in [6, 6.07) is 4.65. The van der Waals surface area contributed by atoms with Crippen molar-refractivity contribution < 1.29 is 23.4 Å². The SMILES string of the molecule is O=C(O)c1ccc(NS(=O)(=O)c2cc(Cl)c(Br)s2)cc1O. The Bertz CT molecular complexity index is 799. The fourth-order valence-corrected chi connectivity index (χ4v) is 4.89. The van der Waals surface area contributed by atoms with Crippen LogP contribution < -0.4 is 4.72 Å². The average Bonchev–Trinajstić information content (AvgIpc) is 2.69. The molecule has 21 heavy (non-hydrogen) atoms. The fourth-order valence-electron chi connectivity index (χ4n) is 1.44. The quantitative estimate of drug-likeness (QED) is 0.714. The van der Waals surface area contributed by atoms with Crippen LogP contribution >= 0.6 is 38.9 Å². The van der Waals surface area contributed by atoms with E-state index in [1.807, 2.05) is 0 Å². The van der Waals surface area contributed by atoms with Gasteiger partial charge in [-0.05, 0) is 34.1 Å². The number of benzene rings is 1. The molecule has 1 aromatic carbocycles. The maximum absolute atomic E-state index is 12.1. The molecule has 3 N–H and O–H groups in total. The number of carboxylic acid groups (broad SMARTS) is 1. The molecule has 1 heterocycles. The molecular formula is C11H7BrClNO5S2. The topological polar surface area (TPSA) is 104 Å². The Morgan fingerprint density at radius 3 is 2.48 bits per heavy atom. The summed E-state index contributed by atoms with van der Waals surface area (Å²) in [5.41, 5.74) is -0.280. The first-order chi connectivity index (χ1) is 9.70. The smallest absolute Gasteiger partial charge is 0.339 e. The van der Waals surface area contributed by atoms with Crippen LogP contribution in [0.25, 0.3) is 0 Å². The molecule has 0 unspecified atom stereocenters. The molecule has 0 aliphatic rings. The predicted octanol–water partition coefficient (Wildman–Crippen LogP) is 3.37. The number of carboxylic acids is 1. The molecule has 0 aliphatic heterocycles. The normalized spacial score (nSPS) is 11.3. The summed E-state index contributed by atoms with van der Waals surface area (Å²) in [4.78, 5) is 10.8. The zero-order valence-corrected chi connectivity index (χ0v) is 14.0. The number of phenols is 1. The minimum atomic E-state index is -3.87. The van der Waals surface area contributed by atoms with E-state index >= 15 is 0 Å². The van der Waals surface area contributed by atoms with Crippen LogP contribution in [0.3, 0.4) is 0 Å². The van der Waals surface area contributed by atoms with E-state index in [2.05, 4.69) is 20.7 Å². The molecule has 6 nitrogen and oxygen atoms in total. The highest BCUT2D eigenvalue weighted by molar-refractivity contribution is 9.11. The highest BCUT2D eigenvalue weighted by atomic mass is 79.9. The monoisotopic (exact) mass is 411 g/mol. The van der Waals surface area contributed by atoms with Crippen LogP contribution in [-0.4, -0.2) is 24.6 Å². The van der Waals surface area contributed by atoms with Gasteiger partial charge in [0.25, 0.3) is 10.0 Å². The van der Waals surface area contributed by atoms with E-state index in [1.165, 1.54) is 12.1 Å². The first-order valence-electron chi connectivity index (χ1n) is 5.24. The minimum absolute atomic E-state index is 0.0128. The lowest BCUT2D eigenvalue weighted by Gasteiger charge is -2.07. The van der Waals surface area contributed by atoms with Gasteiger partial charge in [-0.25, -0.2) is 13.2 Å². The van der Waals surface area contributed by atoms with Gasteiger partial charge in [-0.1, -0.05) is 11.6 Å². The van der Waals surface area contributed by atoms with E-state index < -0.39 is 21.7 Å². The minimum Gasteiger partial charge on any atom is -0.507 e. The summed E-state index contributed by atoms with van der Waals surface area (Å²) in [6.07, 6.45) is 0. The van der Waals surface area contributed by atoms with Gasteiger partial charge >= 0.3 is 5.97 Å². The number of sulfonamides is 1. The van der Waals surface area contributed by atoms with Crippen molar-refractivity contribution in [2.45, 2.75) is 4.21 Å². The summed E-state index contributed by atoms with van der Waals surface area (Å²) in [6.45, 7) is 0. The van der Waals surface area contributed by atoms with Gasteiger partial charge in [0.05, 0.1) is 14.5 Å². The molecule has 112 valence electrons. The summed E-state index contributed by atoms with van der Waals surface area (Å²) in [7, 11) is -3.87. The third kappa shape index (κ3) is 3.49. The van der Waals surface area contributed by atoms with Gasteiger partial charge in [0.2, 0.25) is 0 Å². The molecule has 0 spiro atoms. The Kier molecular flexibility index (Phi) is 4.47. The van der Waals surface area contributed by atoms with Crippen molar-refractivity contribution in [2.24, 2.45) is 0 Å². The van der Waals surface area contributed by atoms with E-state index in [0.717, 1.165) is 23.5 Å². The van der Waals surface area contributed by atoms with Crippen molar-refractivity contribution in [1.82, 2.24) is 0 Å². The second-order valence-electron chi connectivity index (χ2n) is 3.83. The maximum atomic E-state index is 12.1. The molecular weight excluding hydrogens is 406 g/mol. The number of thiophene rings is 1. The van der Waals surface area contributed by atoms with Crippen LogP contribution in [0.5, 0.6) is 5.75 Å². The van der Waals surface area contributed by atoms with Crippen LogP contribution in [0.4, 0.5) is 5.69 Å². The molecule has 0 radical (unpaired) electrons. The number of aromatic carboxylic acids is 1. The number of rotatable bonds is 4. The van der Waals surface area contributed by atoms with Crippen LogP contribution in [0.1, 0.15) is 10.4 Å². The van der Waals surface area contributed by atoms with Gasteiger partial charge in [-0.2, -0.15) is 0 Å². The lowest BCUT2D eigenvalue weighted by atomic mass is 10.2. The molecule has 0 saturated heterocycles. The van der Waals surface area contributed by atoms with E-state index in [0.29, 0.717) is 3.79 Å². The van der Waals surface area contributed by atoms with Crippen LogP contribution in [-0.2, 0) is 10.0 Å². The number of hydrogen-bond donors (Lipinski definition) is 3. The van der Waals surface area contributed by atoms with E-state index in [9.17, 15) is 18.3 Å². The Morgan fingerprint density at radius 2 is 2.00 bits per heavy atom. The van der Waals surface area contributed by atoms with Gasteiger partial charge in [0, 0.05) is 6.07 Å². The van der Waals surface area contributed by atoms with E-state index in [4.69, 9.17) is 16.7 Å². The van der Waals surface area contributed by atoms with Gasteiger partial charge in [0.15, 0.2) is 0 Å². The highest BCUT2D eigenvalue weighted by Crippen LogP contribution is 2.35. The Labute approximate surface area is 137 Å². The van der Waals surface area contributed by atoms with Crippen LogP contribution in [0.15, 0.2) is 32.3 Å². The lowest BCUT2D eigenvalue weighted by molar-refractivity contribution is 0.0694. The Balaban J connectivity index is 2.33. The number of aromatic hydroxyl groups is 1. The second-order valence-corrected chi connectivity index (χ2v) is 8.52. The van der Waals surface area contributed by atoms with Gasteiger partial charge in [-0.15, -0.1) is 11.3 Å². The van der Waals surface area contributed by atoms with Crippen molar-refractivity contribution in [3.05, 3.63) is 38.6 Å². The predicted molar refractivity (Wildman–Crippen MR) is 82.9 cm³/mol. The summed E-state index contributed by atoms with van der Waals surface area (Å²) in [5, 5.41) is 18.6. The fraction of sp³-hybridized carbons (Fsp3) is 0. The Hall–Kier alpha value is -1.29.